The standard InChI is InChI=1S/C16H15N5O/c1-11-18-12(9-17)7-15(19-11)20-13-8-16(22)21(10-13)14-5-3-2-4-6-14/h2-7,13H,8,10H2,1H3,(H,18,19,20). The van der Waals surface area contributed by atoms with Crippen LogP contribution in [-0.4, -0.2) is 28.5 Å². The van der Waals surface area contributed by atoms with Gasteiger partial charge in [0.1, 0.15) is 23.4 Å². The fourth-order valence-electron chi connectivity index (χ4n) is 2.57. The Morgan fingerprint density at radius 3 is 2.82 bits per heavy atom. The molecule has 6 nitrogen and oxygen atoms in total. The molecule has 1 aliphatic rings. The van der Waals surface area contributed by atoms with Gasteiger partial charge < -0.3 is 10.2 Å². The van der Waals surface area contributed by atoms with Crippen LogP contribution >= 0.6 is 0 Å². The van der Waals surface area contributed by atoms with Gasteiger partial charge >= 0.3 is 0 Å². The number of carbonyl (C=O) groups is 1. The summed E-state index contributed by atoms with van der Waals surface area (Å²) in [6.07, 6.45) is 0.403. The van der Waals surface area contributed by atoms with E-state index in [1.165, 1.54) is 0 Å². The maximum atomic E-state index is 12.2. The summed E-state index contributed by atoms with van der Waals surface area (Å²) in [5.41, 5.74) is 1.22. The predicted molar refractivity (Wildman–Crippen MR) is 82.3 cm³/mol. The average molecular weight is 293 g/mol. The van der Waals surface area contributed by atoms with Crippen LogP contribution in [0.2, 0.25) is 0 Å². The SMILES string of the molecule is Cc1nc(C#N)cc(NC2CC(=O)N(c3ccccc3)C2)n1. The van der Waals surface area contributed by atoms with Gasteiger partial charge in [-0.25, -0.2) is 9.97 Å². The Hall–Kier alpha value is -2.94. The number of anilines is 2. The summed E-state index contributed by atoms with van der Waals surface area (Å²) >= 11 is 0. The van der Waals surface area contributed by atoms with Crippen molar-refractivity contribution in [1.29, 1.82) is 5.26 Å². The topological polar surface area (TPSA) is 81.9 Å². The van der Waals surface area contributed by atoms with E-state index in [4.69, 9.17) is 5.26 Å². The van der Waals surface area contributed by atoms with Crippen LogP contribution in [-0.2, 0) is 4.79 Å². The van der Waals surface area contributed by atoms with Gasteiger partial charge in [0.2, 0.25) is 5.91 Å². The van der Waals surface area contributed by atoms with Crippen LogP contribution in [0.25, 0.3) is 0 Å². The number of benzene rings is 1. The molecule has 1 aromatic heterocycles. The van der Waals surface area contributed by atoms with Crippen LogP contribution in [0.1, 0.15) is 17.9 Å². The van der Waals surface area contributed by atoms with E-state index in [-0.39, 0.29) is 11.9 Å². The number of hydrogen-bond acceptors (Lipinski definition) is 5. The zero-order valence-corrected chi connectivity index (χ0v) is 12.2. The van der Waals surface area contributed by atoms with Gasteiger partial charge in [-0.15, -0.1) is 0 Å². The van der Waals surface area contributed by atoms with Crippen molar-refractivity contribution in [3.8, 4) is 6.07 Å². The highest BCUT2D eigenvalue weighted by molar-refractivity contribution is 5.96. The van der Waals surface area contributed by atoms with E-state index in [0.717, 1.165) is 5.69 Å². The number of aromatic nitrogens is 2. The number of amides is 1. The van der Waals surface area contributed by atoms with Crippen molar-refractivity contribution in [3.05, 3.63) is 47.9 Å². The van der Waals surface area contributed by atoms with E-state index < -0.39 is 0 Å². The lowest BCUT2D eigenvalue weighted by Crippen LogP contribution is -2.27. The highest BCUT2D eigenvalue weighted by Crippen LogP contribution is 2.23. The minimum Gasteiger partial charge on any atom is -0.365 e. The number of aryl methyl sites for hydroxylation is 1. The van der Waals surface area contributed by atoms with E-state index in [1.54, 1.807) is 17.9 Å². The first-order valence-corrected chi connectivity index (χ1v) is 7.03. The summed E-state index contributed by atoms with van der Waals surface area (Å²) in [5, 5.41) is 12.2. The molecule has 0 aliphatic carbocycles. The molecule has 6 heteroatoms. The van der Waals surface area contributed by atoms with Gasteiger partial charge in [0.15, 0.2) is 0 Å². The van der Waals surface area contributed by atoms with Gasteiger partial charge in [-0.1, -0.05) is 18.2 Å². The largest absolute Gasteiger partial charge is 0.365 e. The zero-order chi connectivity index (χ0) is 15.5. The number of carbonyl (C=O) groups excluding carboxylic acids is 1. The van der Waals surface area contributed by atoms with E-state index in [1.807, 2.05) is 36.4 Å². The second-order valence-electron chi connectivity index (χ2n) is 5.18. The van der Waals surface area contributed by atoms with Gasteiger partial charge in [-0.2, -0.15) is 5.26 Å². The Labute approximate surface area is 128 Å². The van der Waals surface area contributed by atoms with Crippen molar-refractivity contribution >= 4 is 17.4 Å². The van der Waals surface area contributed by atoms with Crippen LogP contribution in [0.3, 0.4) is 0 Å². The third-order valence-electron chi connectivity index (χ3n) is 3.50. The molecule has 110 valence electrons. The molecule has 1 atom stereocenters. The van der Waals surface area contributed by atoms with Crippen LogP contribution in [0.15, 0.2) is 36.4 Å². The van der Waals surface area contributed by atoms with Gasteiger partial charge in [-0.05, 0) is 19.1 Å². The molecule has 1 unspecified atom stereocenters. The van der Waals surface area contributed by atoms with E-state index >= 15 is 0 Å². The zero-order valence-electron chi connectivity index (χ0n) is 12.2. The fourth-order valence-corrected chi connectivity index (χ4v) is 2.57. The number of para-hydroxylation sites is 1. The minimum atomic E-state index is -0.0338. The van der Waals surface area contributed by atoms with Crippen molar-refractivity contribution in [3.63, 3.8) is 0 Å². The summed E-state index contributed by atoms with van der Waals surface area (Å²) in [5.74, 6) is 1.19. The highest BCUT2D eigenvalue weighted by atomic mass is 16.2. The van der Waals surface area contributed by atoms with Gasteiger partial charge in [0.25, 0.3) is 0 Å². The lowest BCUT2D eigenvalue weighted by Gasteiger charge is -2.17. The number of nitrogens with one attached hydrogen (secondary N) is 1. The normalized spacial score (nSPS) is 17.4. The van der Waals surface area contributed by atoms with E-state index in [9.17, 15) is 4.79 Å². The first-order valence-electron chi connectivity index (χ1n) is 7.03. The Morgan fingerprint density at radius 2 is 2.09 bits per heavy atom. The highest BCUT2D eigenvalue weighted by Gasteiger charge is 2.30. The van der Waals surface area contributed by atoms with Crippen LogP contribution in [0, 0.1) is 18.3 Å². The van der Waals surface area contributed by atoms with Crippen molar-refractivity contribution in [2.24, 2.45) is 0 Å². The van der Waals surface area contributed by atoms with Gasteiger partial charge in [-0.3, -0.25) is 4.79 Å². The molecule has 3 rings (SSSR count). The molecule has 1 aromatic carbocycles. The van der Waals surface area contributed by atoms with Crippen molar-refractivity contribution in [2.75, 3.05) is 16.8 Å². The molecule has 1 fully saturated rings. The predicted octanol–water partition coefficient (Wildman–Crippen LogP) is 1.87. The molecule has 1 saturated heterocycles. The molecule has 2 aromatic rings. The molecule has 0 saturated carbocycles. The van der Waals surface area contributed by atoms with E-state index in [2.05, 4.69) is 15.3 Å². The Kier molecular flexibility index (Phi) is 3.71. The summed E-state index contributed by atoms with van der Waals surface area (Å²) < 4.78 is 0. The second-order valence-corrected chi connectivity index (χ2v) is 5.18. The maximum absolute atomic E-state index is 12.2. The molecule has 0 bridgehead atoms. The summed E-state index contributed by atoms with van der Waals surface area (Å²) in [4.78, 5) is 22.2. The molecule has 0 radical (unpaired) electrons. The molecular weight excluding hydrogens is 278 g/mol. The lowest BCUT2D eigenvalue weighted by molar-refractivity contribution is -0.117. The van der Waals surface area contributed by atoms with Crippen molar-refractivity contribution in [1.82, 2.24) is 9.97 Å². The number of hydrogen-bond donors (Lipinski definition) is 1. The Balaban J connectivity index is 1.74. The molecular formula is C16H15N5O. The lowest BCUT2D eigenvalue weighted by atomic mass is 10.2. The number of nitrogens with zero attached hydrogens (tertiary/aromatic N) is 4. The molecule has 1 aliphatic heterocycles. The Bertz CT molecular complexity index is 738. The number of nitriles is 1. The summed E-state index contributed by atoms with van der Waals surface area (Å²) in [6, 6.07) is 13.2. The second kappa shape index (κ2) is 5.82. The minimum absolute atomic E-state index is 0.0338. The maximum Gasteiger partial charge on any atom is 0.229 e. The van der Waals surface area contributed by atoms with Crippen molar-refractivity contribution in [2.45, 2.75) is 19.4 Å². The smallest absolute Gasteiger partial charge is 0.229 e. The molecule has 1 N–H and O–H groups in total. The number of rotatable bonds is 3. The Morgan fingerprint density at radius 1 is 1.32 bits per heavy atom. The first kappa shape index (κ1) is 14.0. The third kappa shape index (κ3) is 2.88. The fraction of sp³-hybridized carbons (Fsp3) is 0.250. The van der Waals surface area contributed by atoms with Crippen LogP contribution in [0.5, 0.6) is 0 Å². The molecule has 1 amide bonds. The third-order valence-corrected chi connectivity index (χ3v) is 3.50. The van der Waals surface area contributed by atoms with Crippen molar-refractivity contribution < 1.29 is 4.79 Å². The van der Waals surface area contributed by atoms with Crippen LogP contribution < -0.4 is 10.2 Å². The first-order chi connectivity index (χ1) is 10.7. The van der Waals surface area contributed by atoms with E-state index in [0.29, 0.717) is 30.3 Å². The molecule has 0 spiro atoms. The quantitative estimate of drug-likeness (QED) is 0.934. The summed E-state index contributed by atoms with van der Waals surface area (Å²) in [7, 11) is 0. The monoisotopic (exact) mass is 293 g/mol. The van der Waals surface area contributed by atoms with Crippen LogP contribution in [0.4, 0.5) is 11.5 Å². The molecule has 2 heterocycles. The molecule has 22 heavy (non-hydrogen) atoms. The summed E-state index contributed by atoms with van der Waals surface area (Å²) in [6.45, 7) is 2.32. The van der Waals surface area contributed by atoms with Gasteiger partial charge in [0, 0.05) is 24.7 Å². The van der Waals surface area contributed by atoms with Gasteiger partial charge in [0.05, 0.1) is 6.04 Å². The average Bonchev–Trinajstić information content (AvgIpc) is 2.88.